The number of rotatable bonds is 7. The molecule has 98 valence electrons. The average molecular weight is 252 g/mol. The molecule has 0 unspecified atom stereocenters. The van der Waals surface area contributed by atoms with Crippen molar-refractivity contribution in [3.8, 4) is 5.88 Å². The van der Waals surface area contributed by atoms with E-state index < -0.39 is 4.92 Å². The van der Waals surface area contributed by atoms with E-state index in [0.717, 1.165) is 11.8 Å². The number of ether oxygens (including phenoxy) is 1. The first kappa shape index (κ1) is 13.9. The highest BCUT2D eigenvalue weighted by atomic mass is 16.6. The number of hydrogen-bond donors (Lipinski definition) is 1. The van der Waals surface area contributed by atoms with E-state index in [2.05, 4.69) is 21.9 Å². The molecule has 0 atom stereocenters. The molecule has 0 fully saturated rings. The molecular weight excluding hydrogens is 236 g/mol. The van der Waals surface area contributed by atoms with Crippen LogP contribution in [0.5, 0.6) is 5.88 Å². The zero-order valence-corrected chi connectivity index (χ0v) is 10.5. The summed E-state index contributed by atoms with van der Waals surface area (Å²) in [5.41, 5.74) is 0.706. The summed E-state index contributed by atoms with van der Waals surface area (Å²) in [4.78, 5) is 18.0. The second-order valence-electron chi connectivity index (χ2n) is 3.73. The third-order valence-electron chi connectivity index (χ3n) is 2.03. The van der Waals surface area contributed by atoms with Crippen molar-refractivity contribution in [2.75, 3.05) is 18.5 Å². The van der Waals surface area contributed by atoms with Gasteiger partial charge in [0.1, 0.15) is 6.20 Å². The molecule has 1 aromatic heterocycles. The number of hydrogen-bond acceptors (Lipinski definition) is 6. The van der Waals surface area contributed by atoms with Crippen LogP contribution in [0.2, 0.25) is 0 Å². The van der Waals surface area contributed by atoms with Gasteiger partial charge in [0.25, 0.3) is 5.88 Å². The number of nitrogens with one attached hydrogen (secondary N) is 1. The van der Waals surface area contributed by atoms with Crippen molar-refractivity contribution in [1.29, 1.82) is 0 Å². The van der Waals surface area contributed by atoms with Crippen LogP contribution in [0, 0.1) is 10.1 Å². The Hall–Kier alpha value is -2.18. The van der Waals surface area contributed by atoms with Crippen LogP contribution in [0.15, 0.2) is 18.3 Å². The van der Waals surface area contributed by atoms with Gasteiger partial charge in [-0.3, -0.25) is 10.1 Å². The summed E-state index contributed by atoms with van der Waals surface area (Å²) in [5, 5.41) is 13.7. The maximum atomic E-state index is 10.8. The van der Waals surface area contributed by atoms with Gasteiger partial charge in [0.15, 0.2) is 0 Å². The second-order valence-corrected chi connectivity index (χ2v) is 3.73. The molecule has 0 aliphatic heterocycles. The minimum atomic E-state index is -0.564. The number of nitrogens with zero attached hydrogens (tertiary/aromatic N) is 3. The summed E-state index contributed by atoms with van der Waals surface area (Å²) in [6, 6.07) is 0. The van der Waals surface area contributed by atoms with Gasteiger partial charge in [0.2, 0.25) is 5.95 Å². The molecule has 0 saturated carbocycles. The van der Waals surface area contributed by atoms with Gasteiger partial charge >= 0.3 is 5.69 Å². The first-order valence-corrected chi connectivity index (χ1v) is 5.57. The summed E-state index contributed by atoms with van der Waals surface area (Å²) < 4.78 is 5.30. The van der Waals surface area contributed by atoms with Crippen LogP contribution >= 0.6 is 0 Å². The molecule has 0 saturated heterocycles. The van der Waals surface area contributed by atoms with Gasteiger partial charge in [-0.15, -0.1) is 6.58 Å². The zero-order valence-electron chi connectivity index (χ0n) is 10.5. The van der Waals surface area contributed by atoms with E-state index in [0.29, 0.717) is 25.5 Å². The van der Waals surface area contributed by atoms with Gasteiger partial charge in [0.05, 0.1) is 11.5 Å². The lowest BCUT2D eigenvalue weighted by molar-refractivity contribution is -0.386. The zero-order chi connectivity index (χ0) is 13.5. The normalized spacial score (nSPS) is 9.89. The van der Waals surface area contributed by atoms with Crippen LogP contribution < -0.4 is 10.1 Å². The number of aromatic nitrogens is 2. The Kier molecular flexibility index (Phi) is 5.04. The van der Waals surface area contributed by atoms with Crippen LogP contribution in [-0.4, -0.2) is 28.0 Å². The third kappa shape index (κ3) is 4.00. The van der Waals surface area contributed by atoms with Gasteiger partial charge in [-0.05, 0) is 13.8 Å². The Morgan fingerprint density at radius 1 is 1.67 bits per heavy atom. The van der Waals surface area contributed by atoms with Crippen molar-refractivity contribution < 1.29 is 9.66 Å². The van der Waals surface area contributed by atoms with Crippen molar-refractivity contribution in [2.24, 2.45) is 0 Å². The van der Waals surface area contributed by atoms with E-state index in [1.807, 2.05) is 13.8 Å². The summed E-state index contributed by atoms with van der Waals surface area (Å²) in [7, 11) is 0. The van der Waals surface area contributed by atoms with Crippen LogP contribution in [0.1, 0.15) is 20.3 Å². The van der Waals surface area contributed by atoms with Gasteiger partial charge in [0, 0.05) is 13.0 Å². The molecule has 0 radical (unpaired) electrons. The second kappa shape index (κ2) is 6.53. The van der Waals surface area contributed by atoms with Crippen molar-refractivity contribution in [2.45, 2.75) is 20.3 Å². The largest absolute Gasteiger partial charge is 0.472 e. The highest BCUT2D eigenvalue weighted by Crippen LogP contribution is 2.24. The predicted molar refractivity (Wildman–Crippen MR) is 67.8 cm³/mol. The SMILES string of the molecule is C=C(C)CCOc1nc(NCC)ncc1[N+](=O)[O-]. The lowest BCUT2D eigenvalue weighted by Crippen LogP contribution is -2.07. The van der Waals surface area contributed by atoms with E-state index in [9.17, 15) is 10.1 Å². The monoisotopic (exact) mass is 252 g/mol. The molecule has 0 aromatic carbocycles. The molecule has 7 nitrogen and oxygen atoms in total. The summed E-state index contributed by atoms with van der Waals surface area (Å²) in [5.74, 6) is 0.292. The third-order valence-corrected chi connectivity index (χ3v) is 2.03. The van der Waals surface area contributed by atoms with Crippen molar-refractivity contribution >= 4 is 11.6 Å². The van der Waals surface area contributed by atoms with E-state index in [1.54, 1.807) is 0 Å². The van der Waals surface area contributed by atoms with Gasteiger partial charge in [-0.2, -0.15) is 4.98 Å². The quantitative estimate of drug-likeness (QED) is 0.454. The van der Waals surface area contributed by atoms with Crippen molar-refractivity contribution in [3.63, 3.8) is 0 Å². The first-order chi connectivity index (χ1) is 8.54. The maximum absolute atomic E-state index is 10.8. The fraction of sp³-hybridized carbons (Fsp3) is 0.455. The molecule has 0 spiro atoms. The minimum Gasteiger partial charge on any atom is -0.472 e. The Bertz CT molecular complexity index is 448. The molecule has 1 heterocycles. The summed E-state index contributed by atoms with van der Waals surface area (Å²) >= 11 is 0. The molecule has 0 aliphatic carbocycles. The molecule has 1 N–H and O–H groups in total. The minimum absolute atomic E-state index is 0.0211. The fourth-order valence-corrected chi connectivity index (χ4v) is 1.16. The molecule has 0 amide bonds. The predicted octanol–water partition coefficient (Wildman–Crippen LogP) is 2.16. The fourth-order valence-electron chi connectivity index (χ4n) is 1.16. The Balaban J connectivity index is 2.85. The molecular formula is C11H16N4O3. The molecule has 18 heavy (non-hydrogen) atoms. The van der Waals surface area contributed by atoms with Gasteiger partial charge in [-0.1, -0.05) is 5.57 Å². The van der Waals surface area contributed by atoms with E-state index >= 15 is 0 Å². The van der Waals surface area contributed by atoms with Crippen molar-refractivity contribution in [1.82, 2.24) is 9.97 Å². The van der Waals surface area contributed by atoms with E-state index in [1.165, 1.54) is 0 Å². The topological polar surface area (TPSA) is 90.2 Å². The summed E-state index contributed by atoms with van der Waals surface area (Å²) in [6.45, 7) is 8.41. The van der Waals surface area contributed by atoms with E-state index in [-0.39, 0.29) is 11.6 Å². The molecule has 7 heteroatoms. The molecule has 0 aliphatic rings. The standard InChI is InChI=1S/C11H16N4O3/c1-4-12-11-13-7-9(15(16)17)10(14-11)18-6-5-8(2)3/h7H,2,4-6H2,1,3H3,(H,12,13,14). The van der Waals surface area contributed by atoms with Crippen LogP contribution in [0.25, 0.3) is 0 Å². The number of nitro groups is 1. The first-order valence-electron chi connectivity index (χ1n) is 5.57. The van der Waals surface area contributed by atoms with Crippen LogP contribution in [0.3, 0.4) is 0 Å². The number of anilines is 1. The highest BCUT2D eigenvalue weighted by Gasteiger charge is 2.18. The van der Waals surface area contributed by atoms with Crippen molar-refractivity contribution in [3.05, 3.63) is 28.5 Å². The molecule has 1 aromatic rings. The van der Waals surface area contributed by atoms with E-state index in [4.69, 9.17) is 4.74 Å². The Morgan fingerprint density at radius 2 is 2.39 bits per heavy atom. The Labute approximate surface area is 105 Å². The molecule has 1 rings (SSSR count). The average Bonchev–Trinajstić information content (AvgIpc) is 2.29. The molecule has 0 bridgehead atoms. The van der Waals surface area contributed by atoms with Gasteiger partial charge in [-0.25, -0.2) is 4.98 Å². The van der Waals surface area contributed by atoms with Crippen LogP contribution in [-0.2, 0) is 0 Å². The Morgan fingerprint density at radius 3 is 2.94 bits per heavy atom. The van der Waals surface area contributed by atoms with Gasteiger partial charge < -0.3 is 10.1 Å². The summed E-state index contributed by atoms with van der Waals surface area (Å²) in [6.07, 6.45) is 1.76. The smallest absolute Gasteiger partial charge is 0.349 e. The maximum Gasteiger partial charge on any atom is 0.349 e. The highest BCUT2D eigenvalue weighted by molar-refractivity contribution is 5.43. The lowest BCUT2D eigenvalue weighted by atomic mass is 10.3. The lowest BCUT2D eigenvalue weighted by Gasteiger charge is -2.07. The van der Waals surface area contributed by atoms with Crippen LogP contribution in [0.4, 0.5) is 11.6 Å².